The molecule has 1 N–H and O–H groups in total. The quantitative estimate of drug-likeness (QED) is 0.865. The number of amides is 1. The molecular weight excluding hydrogens is 256 g/mol. The highest BCUT2D eigenvalue weighted by atomic mass is 16.5. The van der Waals surface area contributed by atoms with Crippen LogP contribution < -0.4 is 10.1 Å². The number of hydrogen-bond donors (Lipinski definition) is 1. The van der Waals surface area contributed by atoms with Gasteiger partial charge in [0.25, 0.3) is 0 Å². The van der Waals surface area contributed by atoms with Crippen molar-refractivity contribution in [1.29, 1.82) is 5.26 Å². The lowest BCUT2D eigenvalue weighted by Crippen LogP contribution is -2.15. The van der Waals surface area contributed by atoms with Crippen LogP contribution in [0.2, 0.25) is 0 Å². The summed E-state index contributed by atoms with van der Waals surface area (Å²) in [4.78, 5) is 11.8. The second-order valence-corrected chi connectivity index (χ2v) is 4.69. The summed E-state index contributed by atoms with van der Waals surface area (Å²) in [6.45, 7) is 0.837. The monoisotopic (exact) mass is 274 g/mol. The van der Waals surface area contributed by atoms with Gasteiger partial charge < -0.3 is 14.8 Å². The Labute approximate surface area is 118 Å². The summed E-state index contributed by atoms with van der Waals surface area (Å²) in [5.41, 5.74) is 0.728. The lowest BCUT2D eigenvalue weighted by atomic mass is 10.1. The molecule has 2 rings (SSSR count). The van der Waals surface area contributed by atoms with E-state index in [9.17, 15) is 4.79 Å². The van der Waals surface area contributed by atoms with Crippen molar-refractivity contribution in [2.75, 3.05) is 18.5 Å². The molecule has 0 aliphatic carbocycles. The van der Waals surface area contributed by atoms with Crippen molar-refractivity contribution >= 4 is 11.6 Å². The van der Waals surface area contributed by atoms with E-state index in [2.05, 4.69) is 5.32 Å². The van der Waals surface area contributed by atoms with Crippen molar-refractivity contribution in [2.24, 2.45) is 0 Å². The first-order valence-corrected chi connectivity index (χ1v) is 6.79. The van der Waals surface area contributed by atoms with Crippen molar-refractivity contribution in [3.05, 3.63) is 24.3 Å². The van der Waals surface area contributed by atoms with Crippen molar-refractivity contribution < 1.29 is 14.3 Å². The molecule has 5 nitrogen and oxygen atoms in total. The van der Waals surface area contributed by atoms with Gasteiger partial charge in [-0.1, -0.05) is 0 Å². The van der Waals surface area contributed by atoms with E-state index in [0.29, 0.717) is 12.2 Å². The van der Waals surface area contributed by atoms with Gasteiger partial charge in [0.05, 0.1) is 6.10 Å². The second kappa shape index (κ2) is 7.51. The van der Waals surface area contributed by atoms with Crippen LogP contribution in [-0.2, 0) is 9.53 Å². The fourth-order valence-electron chi connectivity index (χ4n) is 2.14. The van der Waals surface area contributed by atoms with Gasteiger partial charge in [0, 0.05) is 18.7 Å². The molecule has 106 valence electrons. The first kappa shape index (κ1) is 14.4. The molecular formula is C15H18N2O3. The van der Waals surface area contributed by atoms with Crippen molar-refractivity contribution in [3.8, 4) is 11.8 Å². The molecule has 1 amide bonds. The van der Waals surface area contributed by atoms with Crippen LogP contribution in [0.5, 0.6) is 5.75 Å². The van der Waals surface area contributed by atoms with Crippen LogP contribution >= 0.6 is 0 Å². The Balaban J connectivity index is 1.74. The van der Waals surface area contributed by atoms with Gasteiger partial charge in [-0.3, -0.25) is 4.79 Å². The summed E-state index contributed by atoms with van der Waals surface area (Å²) in [6.07, 6.45) is 3.63. The van der Waals surface area contributed by atoms with Gasteiger partial charge in [0.2, 0.25) is 5.91 Å². The lowest BCUT2D eigenvalue weighted by Gasteiger charge is -2.09. The number of nitriles is 1. The number of carbonyl (C=O) groups is 1. The van der Waals surface area contributed by atoms with Gasteiger partial charge >= 0.3 is 0 Å². The number of carbonyl (C=O) groups excluding carboxylic acids is 1. The topological polar surface area (TPSA) is 71.3 Å². The Morgan fingerprint density at radius 2 is 2.25 bits per heavy atom. The minimum Gasteiger partial charge on any atom is -0.479 e. The van der Waals surface area contributed by atoms with Gasteiger partial charge in [-0.25, -0.2) is 0 Å². The molecule has 20 heavy (non-hydrogen) atoms. The van der Waals surface area contributed by atoms with Gasteiger partial charge in [0.1, 0.15) is 11.8 Å². The summed E-state index contributed by atoms with van der Waals surface area (Å²) < 4.78 is 10.6. The number of nitrogens with zero attached hydrogens (tertiary/aromatic N) is 1. The Morgan fingerprint density at radius 1 is 1.45 bits per heavy atom. The van der Waals surface area contributed by atoms with E-state index in [1.165, 1.54) is 0 Å². The molecule has 1 aliphatic rings. The predicted molar refractivity (Wildman–Crippen MR) is 74.4 cm³/mol. The minimum atomic E-state index is -0.00815. The molecule has 0 radical (unpaired) electrons. The normalized spacial score (nSPS) is 17.4. The molecule has 1 aromatic carbocycles. The Kier molecular flexibility index (Phi) is 5.39. The third kappa shape index (κ3) is 4.56. The maximum absolute atomic E-state index is 11.8. The summed E-state index contributed by atoms with van der Waals surface area (Å²) >= 11 is 0. The van der Waals surface area contributed by atoms with Crippen LogP contribution in [0.1, 0.15) is 25.7 Å². The molecule has 1 aromatic rings. The third-order valence-electron chi connectivity index (χ3n) is 3.16. The van der Waals surface area contributed by atoms with Crippen LogP contribution in [0.15, 0.2) is 24.3 Å². The van der Waals surface area contributed by atoms with E-state index in [1.54, 1.807) is 24.3 Å². The minimum absolute atomic E-state index is 0.00815. The lowest BCUT2D eigenvalue weighted by molar-refractivity contribution is -0.116. The van der Waals surface area contributed by atoms with E-state index < -0.39 is 0 Å². The molecule has 0 saturated carbocycles. The Bertz CT molecular complexity index is 473. The average Bonchev–Trinajstić information content (AvgIpc) is 2.98. The van der Waals surface area contributed by atoms with E-state index in [1.807, 2.05) is 6.07 Å². The molecule has 1 atom stereocenters. The highest BCUT2D eigenvalue weighted by Gasteiger charge is 2.16. The highest BCUT2D eigenvalue weighted by Crippen LogP contribution is 2.18. The van der Waals surface area contributed by atoms with Crippen molar-refractivity contribution in [2.45, 2.75) is 31.8 Å². The van der Waals surface area contributed by atoms with Crippen LogP contribution in [0, 0.1) is 11.3 Å². The van der Waals surface area contributed by atoms with Gasteiger partial charge in [-0.15, -0.1) is 0 Å². The Morgan fingerprint density at radius 3 is 2.90 bits per heavy atom. The number of hydrogen-bond acceptors (Lipinski definition) is 4. The van der Waals surface area contributed by atoms with Gasteiger partial charge in [-0.2, -0.15) is 5.26 Å². The smallest absolute Gasteiger partial charge is 0.224 e. The van der Waals surface area contributed by atoms with Crippen LogP contribution in [-0.4, -0.2) is 25.2 Å². The van der Waals surface area contributed by atoms with Crippen LogP contribution in [0.4, 0.5) is 5.69 Å². The fourth-order valence-corrected chi connectivity index (χ4v) is 2.14. The first-order chi connectivity index (χ1) is 9.78. The summed E-state index contributed by atoms with van der Waals surface area (Å²) in [6, 6.07) is 8.88. The molecule has 0 aromatic heterocycles. The second-order valence-electron chi connectivity index (χ2n) is 4.69. The summed E-state index contributed by atoms with van der Waals surface area (Å²) in [5.74, 6) is 0.607. The summed E-state index contributed by atoms with van der Waals surface area (Å²) in [7, 11) is 0. The highest BCUT2D eigenvalue weighted by molar-refractivity contribution is 5.90. The SMILES string of the molecule is N#CCOc1ccc(NC(=O)CCC2CCCO2)cc1. The summed E-state index contributed by atoms with van der Waals surface area (Å²) in [5, 5.41) is 11.2. The number of rotatable bonds is 6. The molecule has 5 heteroatoms. The maximum Gasteiger partial charge on any atom is 0.224 e. The molecule has 0 bridgehead atoms. The number of nitrogens with one attached hydrogen (secondary N) is 1. The standard InChI is InChI=1S/C15H18N2O3/c16-9-11-20-14-5-3-12(4-6-14)17-15(18)8-7-13-2-1-10-19-13/h3-6,13H,1-2,7-8,10-11H2,(H,17,18). The zero-order chi connectivity index (χ0) is 14.2. The van der Waals surface area contributed by atoms with Gasteiger partial charge in [-0.05, 0) is 43.5 Å². The first-order valence-electron chi connectivity index (χ1n) is 6.79. The molecule has 1 aliphatic heterocycles. The van der Waals surface area contributed by atoms with E-state index in [-0.39, 0.29) is 18.6 Å². The number of ether oxygens (including phenoxy) is 2. The number of anilines is 1. The zero-order valence-electron chi connectivity index (χ0n) is 11.3. The molecule has 1 fully saturated rings. The maximum atomic E-state index is 11.8. The van der Waals surface area contributed by atoms with Crippen LogP contribution in [0.3, 0.4) is 0 Å². The molecule has 1 heterocycles. The third-order valence-corrected chi connectivity index (χ3v) is 3.16. The van der Waals surface area contributed by atoms with Crippen LogP contribution in [0.25, 0.3) is 0 Å². The van der Waals surface area contributed by atoms with Crippen molar-refractivity contribution in [3.63, 3.8) is 0 Å². The van der Waals surface area contributed by atoms with E-state index in [0.717, 1.165) is 31.6 Å². The zero-order valence-corrected chi connectivity index (χ0v) is 11.3. The molecule has 0 spiro atoms. The van der Waals surface area contributed by atoms with Crippen molar-refractivity contribution in [1.82, 2.24) is 0 Å². The predicted octanol–water partition coefficient (Wildman–Crippen LogP) is 2.49. The fraction of sp³-hybridized carbons (Fsp3) is 0.467. The van der Waals surface area contributed by atoms with E-state index >= 15 is 0 Å². The Hall–Kier alpha value is -2.06. The largest absolute Gasteiger partial charge is 0.479 e. The van der Waals surface area contributed by atoms with Gasteiger partial charge in [0.15, 0.2) is 6.61 Å². The number of benzene rings is 1. The average molecular weight is 274 g/mol. The molecule has 1 unspecified atom stereocenters. The van der Waals surface area contributed by atoms with E-state index in [4.69, 9.17) is 14.7 Å². The molecule has 1 saturated heterocycles.